The maximum atomic E-state index is 11.2. The SMILES string of the molecule is COC(=O)Cc1nc(-c2ccc(CC(C)C)cc2)cs1. The molecule has 106 valence electrons. The van der Waals surface area contributed by atoms with Gasteiger partial charge in [0, 0.05) is 10.9 Å². The maximum absolute atomic E-state index is 11.2. The Kier molecular flexibility index (Phi) is 4.90. The van der Waals surface area contributed by atoms with Crippen LogP contribution >= 0.6 is 11.3 Å². The van der Waals surface area contributed by atoms with E-state index in [9.17, 15) is 4.79 Å². The van der Waals surface area contributed by atoms with Crippen LogP contribution in [0.5, 0.6) is 0 Å². The van der Waals surface area contributed by atoms with E-state index in [1.54, 1.807) is 0 Å². The fourth-order valence-electron chi connectivity index (χ4n) is 2.00. The lowest BCUT2D eigenvalue weighted by Gasteiger charge is -2.05. The lowest BCUT2D eigenvalue weighted by atomic mass is 10.0. The van der Waals surface area contributed by atoms with Gasteiger partial charge in [-0.2, -0.15) is 0 Å². The van der Waals surface area contributed by atoms with E-state index in [1.165, 1.54) is 24.0 Å². The van der Waals surface area contributed by atoms with Crippen molar-refractivity contribution < 1.29 is 9.53 Å². The van der Waals surface area contributed by atoms with E-state index in [0.717, 1.165) is 22.7 Å². The Bertz CT molecular complexity index is 572. The molecule has 0 bridgehead atoms. The molecule has 3 nitrogen and oxygen atoms in total. The van der Waals surface area contributed by atoms with E-state index >= 15 is 0 Å². The predicted molar refractivity (Wildman–Crippen MR) is 81.8 cm³/mol. The van der Waals surface area contributed by atoms with Gasteiger partial charge in [-0.3, -0.25) is 4.79 Å². The summed E-state index contributed by atoms with van der Waals surface area (Å²) in [6.07, 6.45) is 1.33. The van der Waals surface area contributed by atoms with Crippen LogP contribution in [0.25, 0.3) is 11.3 Å². The van der Waals surface area contributed by atoms with Crippen LogP contribution < -0.4 is 0 Å². The number of benzene rings is 1. The lowest BCUT2D eigenvalue weighted by molar-refractivity contribution is -0.139. The number of carbonyl (C=O) groups is 1. The molecule has 2 aromatic rings. The van der Waals surface area contributed by atoms with E-state index in [2.05, 4.69) is 47.8 Å². The molecular formula is C16H19NO2S. The number of nitrogens with zero attached hydrogens (tertiary/aromatic N) is 1. The lowest BCUT2D eigenvalue weighted by Crippen LogP contribution is -2.03. The highest BCUT2D eigenvalue weighted by atomic mass is 32.1. The number of hydrogen-bond donors (Lipinski definition) is 0. The fourth-order valence-corrected chi connectivity index (χ4v) is 2.79. The molecule has 0 aliphatic carbocycles. The minimum atomic E-state index is -0.252. The second-order valence-electron chi connectivity index (χ2n) is 5.17. The van der Waals surface area contributed by atoms with Crippen LogP contribution in [0.3, 0.4) is 0 Å². The Labute approximate surface area is 123 Å². The molecule has 0 N–H and O–H groups in total. The average Bonchev–Trinajstić information content (AvgIpc) is 2.87. The number of hydrogen-bond acceptors (Lipinski definition) is 4. The van der Waals surface area contributed by atoms with Crippen LogP contribution in [0.15, 0.2) is 29.6 Å². The Balaban J connectivity index is 2.10. The number of carbonyl (C=O) groups excluding carboxylic acids is 1. The average molecular weight is 289 g/mol. The Morgan fingerprint density at radius 1 is 1.30 bits per heavy atom. The van der Waals surface area contributed by atoms with Gasteiger partial charge in [0.05, 0.1) is 19.2 Å². The third-order valence-electron chi connectivity index (χ3n) is 2.97. The Hall–Kier alpha value is -1.68. The highest BCUT2D eigenvalue weighted by molar-refractivity contribution is 7.10. The Morgan fingerprint density at radius 2 is 2.00 bits per heavy atom. The summed E-state index contributed by atoms with van der Waals surface area (Å²) < 4.78 is 4.65. The zero-order valence-electron chi connectivity index (χ0n) is 12.1. The first kappa shape index (κ1) is 14.7. The first-order chi connectivity index (χ1) is 9.58. The zero-order valence-corrected chi connectivity index (χ0v) is 12.9. The summed E-state index contributed by atoms with van der Waals surface area (Å²) in [5, 5.41) is 2.77. The highest BCUT2D eigenvalue weighted by Gasteiger charge is 2.09. The Morgan fingerprint density at radius 3 is 2.60 bits per heavy atom. The third kappa shape index (κ3) is 3.90. The van der Waals surface area contributed by atoms with Gasteiger partial charge >= 0.3 is 5.97 Å². The standard InChI is InChI=1S/C16H19NO2S/c1-11(2)8-12-4-6-13(7-5-12)14-10-20-15(17-14)9-16(18)19-3/h4-7,10-11H,8-9H2,1-3H3. The largest absolute Gasteiger partial charge is 0.469 e. The van der Waals surface area contributed by atoms with Gasteiger partial charge in [0.15, 0.2) is 0 Å². The quantitative estimate of drug-likeness (QED) is 0.787. The topological polar surface area (TPSA) is 39.2 Å². The van der Waals surface area contributed by atoms with E-state index in [4.69, 9.17) is 0 Å². The number of rotatable bonds is 5. The van der Waals surface area contributed by atoms with Crippen LogP contribution in [0.4, 0.5) is 0 Å². The highest BCUT2D eigenvalue weighted by Crippen LogP contribution is 2.23. The van der Waals surface area contributed by atoms with Crippen molar-refractivity contribution in [1.82, 2.24) is 4.98 Å². The molecule has 0 saturated carbocycles. The monoisotopic (exact) mass is 289 g/mol. The normalized spacial score (nSPS) is 10.8. The van der Waals surface area contributed by atoms with Gasteiger partial charge in [-0.1, -0.05) is 38.1 Å². The zero-order chi connectivity index (χ0) is 14.5. The molecule has 0 radical (unpaired) electrons. The summed E-state index contributed by atoms with van der Waals surface area (Å²) in [4.78, 5) is 15.7. The van der Waals surface area contributed by atoms with Crippen molar-refractivity contribution in [3.63, 3.8) is 0 Å². The van der Waals surface area contributed by atoms with Crippen molar-refractivity contribution in [2.75, 3.05) is 7.11 Å². The number of ether oxygens (including phenoxy) is 1. The van der Waals surface area contributed by atoms with Crippen molar-refractivity contribution in [2.45, 2.75) is 26.7 Å². The molecule has 1 aromatic heterocycles. The number of methoxy groups -OCH3 is 1. The van der Waals surface area contributed by atoms with Crippen molar-refractivity contribution in [1.29, 1.82) is 0 Å². The third-order valence-corrected chi connectivity index (χ3v) is 3.82. The first-order valence-corrected chi connectivity index (χ1v) is 7.57. The molecule has 20 heavy (non-hydrogen) atoms. The number of esters is 1. The van der Waals surface area contributed by atoms with Gasteiger partial charge < -0.3 is 4.74 Å². The van der Waals surface area contributed by atoms with Crippen molar-refractivity contribution >= 4 is 17.3 Å². The van der Waals surface area contributed by atoms with E-state index < -0.39 is 0 Å². The van der Waals surface area contributed by atoms with Crippen LogP contribution in [0, 0.1) is 5.92 Å². The molecule has 0 spiro atoms. The van der Waals surface area contributed by atoms with Gasteiger partial charge in [-0.25, -0.2) is 4.98 Å². The van der Waals surface area contributed by atoms with Gasteiger partial charge in [-0.15, -0.1) is 11.3 Å². The van der Waals surface area contributed by atoms with E-state index in [-0.39, 0.29) is 12.4 Å². The van der Waals surface area contributed by atoms with Crippen molar-refractivity contribution in [2.24, 2.45) is 5.92 Å². The van der Waals surface area contributed by atoms with E-state index in [1.807, 2.05) is 5.38 Å². The minimum Gasteiger partial charge on any atom is -0.469 e. The molecule has 1 heterocycles. The van der Waals surface area contributed by atoms with Crippen molar-refractivity contribution in [3.8, 4) is 11.3 Å². The fraction of sp³-hybridized carbons (Fsp3) is 0.375. The van der Waals surface area contributed by atoms with Gasteiger partial charge in [-0.05, 0) is 17.9 Å². The summed E-state index contributed by atoms with van der Waals surface area (Å²) in [6.45, 7) is 4.43. The molecule has 0 saturated heterocycles. The number of aromatic nitrogens is 1. The summed E-state index contributed by atoms with van der Waals surface area (Å²) in [5.74, 6) is 0.407. The molecule has 0 fully saturated rings. The molecule has 0 amide bonds. The summed E-state index contributed by atoms with van der Waals surface area (Å²) >= 11 is 1.49. The predicted octanol–water partition coefficient (Wildman–Crippen LogP) is 3.72. The van der Waals surface area contributed by atoms with Crippen molar-refractivity contribution in [3.05, 3.63) is 40.2 Å². The van der Waals surface area contributed by atoms with Crippen LogP contribution in [-0.2, 0) is 22.4 Å². The van der Waals surface area contributed by atoms with Gasteiger partial charge in [0.1, 0.15) is 5.01 Å². The van der Waals surface area contributed by atoms with Crippen LogP contribution in [0.1, 0.15) is 24.4 Å². The van der Waals surface area contributed by atoms with E-state index in [0.29, 0.717) is 5.92 Å². The number of thiazole rings is 1. The molecule has 2 rings (SSSR count). The summed E-state index contributed by atoms with van der Waals surface area (Å²) in [6, 6.07) is 8.48. The second-order valence-corrected chi connectivity index (χ2v) is 6.12. The molecule has 0 aliphatic rings. The summed E-state index contributed by atoms with van der Waals surface area (Å²) in [7, 11) is 1.39. The van der Waals surface area contributed by atoms with Gasteiger partial charge in [0.2, 0.25) is 0 Å². The molecule has 1 aromatic carbocycles. The smallest absolute Gasteiger partial charge is 0.312 e. The van der Waals surface area contributed by atoms with Gasteiger partial charge in [0.25, 0.3) is 0 Å². The molecule has 0 atom stereocenters. The molecule has 0 aliphatic heterocycles. The summed E-state index contributed by atoms with van der Waals surface area (Å²) in [5.41, 5.74) is 3.35. The van der Waals surface area contributed by atoms with Crippen LogP contribution in [0.2, 0.25) is 0 Å². The minimum absolute atomic E-state index is 0.243. The maximum Gasteiger partial charge on any atom is 0.312 e. The molecular weight excluding hydrogens is 270 g/mol. The first-order valence-electron chi connectivity index (χ1n) is 6.69. The molecule has 4 heteroatoms. The second kappa shape index (κ2) is 6.66. The molecule has 0 unspecified atom stereocenters. The van der Waals surface area contributed by atoms with Crippen LogP contribution in [-0.4, -0.2) is 18.1 Å².